The van der Waals surface area contributed by atoms with Crippen molar-refractivity contribution in [3.8, 4) is 0 Å². The minimum Gasteiger partial charge on any atom is -0.423 e. The molecule has 0 radical (unpaired) electrons. The molecule has 3 rings (SSSR count). The second-order valence-electron chi connectivity index (χ2n) is 6.43. The Hall–Kier alpha value is -1.75. The fourth-order valence-electron chi connectivity index (χ4n) is 2.15. The molecule has 0 spiro atoms. The van der Waals surface area contributed by atoms with Crippen LogP contribution in [0.2, 0.25) is 5.02 Å². The maximum absolute atomic E-state index is 11.9. The summed E-state index contributed by atoms with van der Waals surface area (Å²) in [5.41, 5.74) is 1.10. The molecule has 1 amide bonds. The largest absolute Gasteiger partial charge is 0.423 e. The van der Waals surface area contributed by atoms with E-state index in [0.29, 0.717) is 29.7 Å². The Morgan fingerprint density at radius 1 is 1.43 bits per heavy atom. The van der Waals surface area contributed by atoms with Crippen LogP contribution in [0.15, 0.2) is 22.6 Å². The quantitative estimate of drug-likeness (QED) is 0.927. The van der Waals surface area contributed by atoms with Gasteiger partial charge < -0.3 is 14.6 Å². The van der Waals surface area contributed by atoms with E-state index >= 15 is 0 Å². The molecule has 6 heteroatoms. The summed E-state index contributed by atoms with van der Waals surface area (Å²) in [6.07, 6.45) is 0. The van der Waals surface area contributed by atoms with Crippen LogP contribution in [0.1, 0.15) is 20.8 Å². The molecular formula is C15H18ClN3O2. The second-order valence-corrected chi connectivity index (χ2v) is 6.87. The van der Waals surface area contributed by atoms with Gasteiger partial charge in [-0.1, -0.05) is 32.4 Å². The molecule has 1 aliphatic heterocycles. The minimum atomic E-state index is -0.366. The molecule has 0 atom stereocenters. The smallest absolute Gasteiger partial charge is 0.298 e. The number of aromatic nitrogens is 1. The van der Waals surface area contributed by atoms with Crippen LogP contribution in [0.25, 0.3) is 11.1 Å². The second kappa shape index (κ2) is 4.91. The van der Waals surface area contributed by atoms with Gasteiger partial charge in [-0.25, -0.2) is 0 Å². The van der Waals surface area contributed by atoms with E-state index in [2.05, 4.69) is 10.3 Å². The van der Waals surface area contributed by atoms with E-state index in [4.69, 9.17) is 16.0 Å². The first-order valence-corrected chi connectivity index (χ1v) is 7.33. The number of halogens is 1. The van der Waals surface area contributed by atoms with Crippen LogP contribution in [-0.4, -0.2) is 30.0 Å². The van der Waals surface area contributed by atoms with Crippen LogP contribution in [0.4, 0.5) is 6.01 Å². The number of anilines is 1. The summed E-state index contributed by atoms with van der Waals surface area (Å²) < 4.78 is 5.69. The number of amides is 1. The van der Waals surface area contributed by atoms with Gasteiger partial charge >= 0.3 is 0 Å². The molecule has 5 nitrogen and oxygen atoms in total. The van der Waals surface area contributed by atoms with Gasteiger partial charge in [0.05, 0.1) is 6.04 Å². The molecule has 2 heterocycles. The van der Waals surface area contributed by atoms with E-state index in [9.17, 15) is 4.79 Å². The normalized spacial score (nSPS) is 16.1. The summed E-state index contributed by atoms with van der Waals surface area (Å²) in [6, 6.07) is 6.11. The van der Waals surface area contributed by atoms with Crippen molar-refractivity contribution in [2.45, 2.75) is 26.8 Å². The third-order valence-corrected chi connectivity index (χ3v) is 3.74. The number of fused-ring (bicyclic) bond motifs is 1. The van der Waals surface area contributed by atoms with E-state index in [0.717, 1.165) is 5.52 Å². The Kier molecular flexibility index (Phi) is 3.32. The zero-order valence-electron chi connectivity index (χ0n) is 12.3. The van der Waals surface area contributed by atoms with Gasteiger partial charge in [0.15, 0.2) is 5.58 Å². The Morgan fingerprint density at radius 3 is 2.81 bits per heavy atom. The van der Waals surface area contributed by atoms with E-state index in [1.165, 1.54) is 0 Å². The Bertz CT molecular complexity index is 684. The minimum absolute atomic E-state index is 0.0662. The van der Waals surface area contributed by atoms with E-state index in [1.807, 2.05) is 31.7 Å². The average Bonchev–Trinajstić information content (AvgIpc) is 2.73. The van der Waals surface area contributed by atoms with Gasteiger partial charge in [0.1, 0.15) is 5.52 Å². The number of carbonyl (C=O) groups is 1. The highest BCUT2D eigenvalue weighted by Gasteiger charge is 2.33. The first-order chi connectivity index (χ1) is 9.83. The lowest BCUT2D eigenvalue weighted by atomic mass is 9.94. The highest BCUT2D eigenvalue weighted by Crippen LogP contribution is 2.27. The predicted molar refractivity (Wildman–Crippen MR) is 82.6 cm³/mol. The molecule has 2 aromatic rings. The third kappa shape index (κ3) is 2.83. The van der Waals surface area contributed by atoms with Gasteiger partial charge in [-0.3, -0.25) is 4.79 Å². The van der Waals surface area contributed by atoms with Crippen molar-refractivity contribution in [2.75, 3.05) is 18.0 Å². The molecule has 1 aromatic heterocycles. The monoisotopic (exact) mass is 307 g/mol. The van der Waals surface area contributed by atoms with Crippen molar-refractivity contribution >= 4 is 34.6 Å². The molecule has 0 aliphatic carbocycles. The van der Waals surface area contributed by atoms with Gasteiger partial charge in [0.2, 0.25) is 5.91 Å². The number of nitrogens with one attached hydrogen (secondary N) is 1. The number of carbonyl (C=O) groups excluding carboxylic acids is 1. The van der Waals surface area contributed by atoms with Crippen molar-refractivity contribution in [3.05, 3.63) is 23.2 Å². The summed E-state index contributed by atoms with van der Waals surface area (Å²) in [5, 5.41) is 3.66. The van der Waals surface area contributed by atoms with Crippen molar-refractivity contribution in [3.63, 3.8) is 0 Å². The Labute approximate surface area is 128 Å². The van der Waals surface area contributed by atoms with Crippen LogP contribution in [0.5, 0.6) is 0 Å². The van der Waals surface area contributed by atoms with E-state index in [1.54, 1.807) is 12.1 Å². The SMILES string of the molecule is CC(C)(C)C(=O)NC1CN(c2nc3ccc(Cl)cc3o2)C1. The maximum atomic E-state index is 11.9. The topological polar surface area (TPSA) is 58.4 Å². The van der Waals surface area contributed by atoms with Crippen molar-refractivity contribution in [1.82, 2.24) is 10.3 Å². The zero-order chi connectivity index (χ0) is 15.2. The number of rotatable bonds is 2. The summed E-state index contributed by atoms with van der Waals surface area (Å²) in [5.74, 6) is 0.0662. The standard InChI is InChI=1S/C15H18ClN3O2/c1-15(2,3)13(20)17-10-7-19(8-10)14-18-11-5-4-9(16)6-12(11)21-14/h4-6,10H,7-8H2,1-3H3,(H,17,20). The van der Waals surface area contributed by atoms with Crippen LogP contribution < -0.4 is 10.2 Å². The molecule has 0 bridgehead atoms. The number of benzene rings is 1. The summed E-state index contributed by atoms with van der Waals surface area (Å²) >= 11 is 5.93. The number of hydrogen-bond donors (Lipinski definition) is 1. The molecular weight excluding hydrogens is 290 g/mol. The third-order valence-electron chi connectivity index (χ3n) is 3.51. The fraction of sp³-hybridized carbons (Fsp3) is 0.467. The molecule has 0 unspecified atom stereocenters. The van der Waals surface area contributed by atoms with Crippen LogP contribution in [0.3, 0.4) is 0 Å². The van der Waals surface area contributed by atoms with Crippen molar-refractivity contribution < 1.29 is 9.21 Å². The molecule has 1 N–H and O–H groups in total. The van der Waals surface area contributed by atoms with Crippen LogP contribution in [-0.2, 0) is 4.79 Å². The maximum Gasteiger partial charge on any atom is 0.298 e. The molecule has 1 aromatic carbocycles. The number of nitrogens with zero attached hydrogens (tertiary/aromatic N) is 2. The number of oxazole rings is 1. The van der Waals surface area contributed by atoms with Gasteiger partial charge in [-0.05, 0) is 12.1 Å². The van der Waals surface area contributed by atoms with Gasteiger partial charge in [0, 0.05) is 29.6 Å². The lowest BCUT2D eigenvalue weighted by Gasteiger charge is -2.39. The summed E-state index contributed by atoms with van der Waals surface area (Å²) in [6.45, 7) is 7.14. The lowest BCUT2D eigenvalue weighted by Crippen LogP contribution is -2.61. The lowest BCUT2D eigenvalue weighted by molar-refractivity contribution is -0.129. The average molecular weight is 308 g/mol. The zero-order valence-corrected chi connectivity index (χ0v) is 13.1. The molecule has 0 saturated carbocycles. The van der Waals surface area contributed by atoms with Gasteiger partial charge in [0.25, 0.3) is 6.01 Å². The van der Waals surface area contributed by atoms with Crippen molar-refractivity contribution in [2.24, 2.45) is 5.41 Å². The molecule has 112 valence electrons. The summed E-state index contributed by atoms with van der Waals surface area (Å²) in [4.78, 5) is 18.3. The molecule has 1 saturated heterocycles. The molecule has 1 fully saturated rings. The van der Waals surface area contributed by atoms with E-state index < -0.39 is 0 Å². The number of hydrogen-bond acceptors (Lipinski definition) is 4. The fourth-order valence-corrected chi connectivity index (χ4v) is 2.31. The highest BCUT2D eigenvalue weighted by atomic mass is 35.5. The predicted octanol–water partition coefficient (Wildman–Crippen LogP) is 2.83. The van der Waals surface area contributed by atoms with Crippen molar-refractivity contribution in [1.29, 1.82) is 0 Å². The van der Waals surface area contributed by atoms with Crippen LogP contribution in [0, 0.1) is 5.41 Å². The van der Waals surface area contributed by atoms with Crippen LogP contribution >= 0.6 is 11.6 Å². The first kappa shape index (κ1) is 14.2. The highest BCUT2D eigenvalue weighted by molar-refractivity contribution is 6.31. The Balaban J connectivity index is 1.64. The van der Waals surface area contributed by atoms with Gasteiger partial charge in [-0.2, -0.15) is 4.98 Å². The first-order valence-electron chi connectivity index (χ1n) is 6.95. The molecule has 1 aliphatic rings. The van der Waals surface area contributed by atoms with Gasteiger partial charge in [-0.15, -0.1) is 0 Å². The van der Waals surface area contributed by atoms with E-state index in [-0.39, 0.29) is 17.4 Å². The molecule has 21 heavy (non-hydrogen) atoms. The Morgan fingerprint density at radius 2 is 2.14 bits per heavy atom. The summed E-state index contributed by atoms with van der Waals surface area (Å²) in [7, 11) is 0.